The number of aliphatic hydroxyl groups is 2. The third kappa shape index (κ3) is 7.91. The molecule has 0 aromatic heterocycles. The fourth-order valence-corrected chi connectivity index (χ4v) is 6.76. The fraction of sp³-hybridized carbons (Fsp3) is 0.548. The summed E-state index contributed by atoms with van der Waals surface area (Å²) < 4.78 is 21.5. The van der Waals surface area contributed by atoms with E-state index in [1.165, 1.54) is 26.4 Å². The van der Waals surface area contributed by atoms with E-state index in [2.05, 4.69) is 0 Å². The second kappa shape index (κ2) is 14.8. The Morgan fingerprint density at radius 1 is 0.689 bits per heavy atom. The van der Waals surface area contributed by atoms with E-state index in [1.807, 2.05) is 41.5 Å². The maximum absolute atomic E-state index is 12.8. The molecule has 0 heterocycles. The summed E-state index contributed by atoms with van der Waals surface area (Å²) in [6.07, 6.45) is 0. The van der Waals surface area contributed by atoms with Gasteiger partial charge in [0.25, 0.3) is 0 Å². The molecule has 0 atom stereocenters. The molecular formula is C31H46O12P2. The monoisotopic (exact) mass is 672 g/mol. The molecule has 12 nitrogen and oxygen atoms in total. The van der Waals surface area contributed by atoms with E-state index in [0.29, 0.717) is 22.3 Å². The van der Waals surface area contributed by atoms with Gasteiger partial charge in [-0.1, -0.05) is 41.5 Å². The van der Waals surface area contributed by atoms with Gasteiger partial charge in [-0.15, -0.1) is 0 Å². The van der Waals surface area contributed by atoms with Crippen LogP contribution in [0.4, 0.5) is 0 Å². The Morgan fingerprint density at radius 3 is 1.33 bits per heavy atom. The van der Waals surface area contributed by atoms with Crippen LogP contribution in [0.15, 0.2) is 24.3 Å². The Bertz CT molecular complexity index is 1290. The summed E-state index contributed by atoms with van der Waals surface area (Å²) in [5, 5.41) is 22.4. The molecule has 0 amide bonds. The first-order valence-corrected chi connectivity index (χ1v) is 16.4. The highest BCUT2D eigenvalue weighted by atomic mass is 31.2. The van der Waals surface area contributed by atoms with Crippen LogP contribution in [0, 0.1) is 19.3 Å². The van der Waals surface area contributed by atoms with Crippen molar-refractivity contribution in [1.82, 2.24) is 0 Å². The lowest BCUT2D eigenvalue weighted by Gasteiger charge is -2.52. The van der Waals surface area contributed by atoms with Gasteiger partial charge in [-0.05, 0) is 82.3 Å². The van der Waals surface area contributed by atoms with Gasteiger partial charge < -0.3 is 43.8 Å². The van der Waals surface area contributed by atoms with Crippen molar-refractivity contribution in [3.05, 3.63) is 68.8 Å². The van der Waals surface area contributed by atoms with Gasteiger partial charge in [0.1, 0.15) is 5.60 Å². The maximum Gasteiger partial charge on any atom is 0.337 e. The quantitative estimate of drug-likeness (QED) is 0.140. The number of carbonyl (C=O) groups excluding carboxylic acids is 2. The molecule has 0 spiro atoms. The van der Waals surface area contributed by atoms with Crippen molar-refractivity contribution in [1.29, 1.82) is 0 Å². The zero-order valence-corrected chi connectivity index (χ0v) is 29.2. The third-order valence-electron chi connectivity index (χ3n) is 7.86. The first kappa shape index (κ1) is 39.1. The summed E-state index contributed by atoms with van der Waals surface area (Å²) in [7, 11) is -3.81. The number of ether oxygens (including phenoxy) is 2. The van der Waals surface area contributed by atoms with Gasteiger partial charge in [0, 0.05) is 0 Å². The van der Waals surface area contributed by atoms with Gasteiger partial charge in [-0.3, -0.25) is 4.52 Å². The Hall–Kier alpha value is -2.08. The van der Waals surface area contributed by atoms with Crippen LogP contribution >= 0.6 is 17.2 Å². The molecule has 2 aromatic rings. The first-order chi connectivity index (χ1) is 20.7. The van der Waals surface area contributed by atoms with E-state index in [4.69, 9.17) is 18.5 Å². The number of hydrogen-bond donors (Lipinski definition) is 6. The second-order valence-electron chi connectivity index (χ2n) is 13.1. The zero-order chi connectivity index (χ0) is 34.7. The molecule has 45 heavy (non-hydrogen) atoms. The Balaban J connectivity index is 3.54. The highest BCUT2D eigenvalue weighted by Crippen LogP contribution is 2.60. The number of esters is 2. The van der Waals surface area contributed by atoms with Crippen LogP contribution in [0.5, 0.6) is 0 Å². The second-order valence-corrected chi connectivity index (χ2v) is 14.5. The first-order valence-electron chi connectivity index (χ1n) is 14.0. The number of carbonyl (C=O) groups is 2. The molecule has 2 rings (SSSR count). The van der Waals surface area contributed by atoms with Crippen LogP contribution in [-0.4, -0.2) is 75.8 Å². The highest BCUT2D eigenvalue weighted by Gasteiger charge is 2.60. The van der Waals surface area contributed by atoms with E-state index in [1.54, 1.807) is 26.0 Å². The van der Waals surface area contributed by atoms with Crippen LogP contribution in [0.2, 0.25) is 0 Å². The zero-order valence-electron chi connectivity index (χ0n) is 27.5. The molecule has 0 unspecified atom stereocenters. The molecule has 252 valence electrons. The lowest BCUT2D eigenvalue weighted by molar-refractivity contribution is -0.122. The van der Waals surface area contributed by atoms with Crippen LogP contribution < -0.4 is 0 Å². The number of methoxy groups -OCH3 is 2. The predicted octanol–water partition coefficient (Wildman–Crippen LogP) is 4.14. The van der Waals surface area contributed by atoms with Gasteiger partial charge in [-0.25, -0.2) is 9.59 Å². The summed E-state index contributed by atoms with van der Waals surface area (Å²) in [4.78, 5) is 66.6. The van der Waals surface area contributed by atoms with Crippen molar-refractivity contribution in [2.24, 2.45) is 5.41 Å². The van der Waals surface area contributed by atoms with Gasteiger partial charge >= 0.3 is 29.1 Å². The van der Waals surface area contributed by atoms with E-state index in [0.717, 1.165) is 0 Å². The number of benzene rings is 2. The largest absolute Gasteiger partial charge is 0.465 e. The number of rotatable bonds is 12. The van der Waals surface area contributed by atoms with Crippen molar-refractivity contribution >= 4 is 29.1 Å². The maximum atomic E-state index is 12.8. The van der Waals surface area contributed by atoms with Gasteiger partial charge in [0.05, 0.1) is 50.6 Å². The minimum absolute atomic E-state index is 0.186. The lowest BCUT2D eigenvalue weighted by Crippen LogP contribution is -2.57. The standard InChI is InChI=1S/C31H46O12P2/c1-18-11-20(26(34)40-9)13-22(28(3,4)5)24(18)31(43-45(38)39,30(15-32,16-33)17-42-44(36)37)25-19(2)12-21(27(35)41-10)14-23(25)29(6,7)8/h11-14,32-33,36-39H,15-17H2,1-10H3. The molecule has 2 aromatic carbocycles. The van der Waals surface area contributed by atoms with E-state index < -0.39 is 70.8 Å². The van der Waals surface area contributed by atoms with Gasteiger partial charge in [0.2, 0.25) is 0 Å². The van der Waals surface area contributed by atoms with E-state index in [9.17, 15) is 39.4 Å². The summed E-state index contributed by atoms with van der Waals surface area (Å²) in [5.41, 5.74) is -3.27. The lowest BCUT2D eigenvalue weighted by atomic mass is 9.59. The Kier molecular flexibility index (Phi) is 12.8. The summed E-state index contributed by atoms with van der Waals surface area (Å²) in [6, 6.07) is 6.19. The number of aliphatic hydroxyl groups excluding tert-OH is 2. The smallest absolute Gasteiger partial charge is 0.337 e. The SMILES string of the molecule is COC(=O)c1cc(C)c(C(OP(O)O)(c2c(C)cc(C(=O)OC)cc2C(C)(C)C)C(CO)(CO)COP(O)O)c(C(C)(C)C)c1. The topological polar surface area (TPSA) is 192 Å². The fourth-order valence-electron chi connectivity index (χ4n) is 5.78. The normalized spacial score (nSPS) is 13.0. The molecule has 6 N–H and O–H groups in total. The molecule has 0 bridgehead atoms. The third-order valence-corrected chi connectivity index (χ3v) is 8.66. The summed E-state index contributed by atoms with van der Waals surface area (Å²) in [6.45, 7) is 11.9. The number of aryl methyl sites for hydroxylation is 2. The average Bonchev–Trinajstić information content (AvgIpc) is 2.94. The molecule has 0 fully saturated rings. The molecule has 14 heteroatoms. The van der Waals surface area contributed by atoms with Crippen molar-refractivity contribution in [2.75, 3.05) is 34.0 Å². The van der Waals surface area contributed by atoms with Crippen LogP contribution in [0.3, 0.4) is 0 Å². The molecule has 0 aliphatic carbocycles. The average molecular weight is 673 g/mol. The molecule has 0 saturated heterocycles. The van der Waals surface area contributed by atoms with Crippen LogP contribution in [-0.2, 0) is 35.0 Å². The van der Waals surface area contributed by atoms with Crippen molar-refractivity contribution in [3.8, 4) is 0 Å². The Morgan fingerprint density at radius 2 is 1.07 bits per heavy atom. The molecule has 0 radical (unpaired) electrons. The van der Waals surface area contributed by atoms with Crippen molar-refractivity contribution in [3.63, 3.8) is 0 Å². The van der Waals surface area contributed by atoms with Crippen LogP contribution in [0.1, 0.15) is 95.6 Å². The number of hydrogen-bond acceptors (Lipinski definition) is 12. The predicted molar refractivity (Wildman–Crippen MR) is 170 cm³/mol. The van der Waals surface area contributed by atoms with Crippen molar-refractivity contribution < 1.29 is 57.9 Å². The summed E-state index contributed by atoms with van der Waals surface area (Å²) in [5.74, 6) is -1.26. The van der Waals surface area contributed by atoms with Gasteiger partial charge in [0.15, 0.2) is 0 Å². The van der Waals surface area contributed by atoms with E-state index >= 15 is 0 Å². The van der Waals surface area contributed by atoms with Crippen LogP contribution in [0.25, 0.3) is 0 Å². The highest BCUT2D eigenvalue weighted by molar-refractivity contribution is 7.39. The van der Waals surface area contributed by atoms with Gasteiger partial charge in [-0.2, -0.15) is 0 Å². The minimum Gasteiger partial charge on any atom is -0.465 e. The van der Waals surface area contributed by atoms with E-state index in [-0.39, 0.29) is 22.3 Å². The molecule has 0 aliphatic rings. The Labute approximate surface area is 266 Å². The molecule has 0 aliphatic heterocycles. The molecular weight excluding hydrogens is 626 g/mol. The van der Waals surface area contributed by atoms with Crippen molar-refractivity contribution in [2.45, 2.75) is 71.8 Å². The summed E-state index contributed by atoms with van der Waals surface area (Å²) >= 11 is 0. The minimum atomic E-state index is -3.29. The molecule has 0 saturated carbocycles.